The highest BCUT2D eigenvalue weighted by atomic mass is 16.5. The van der Waals surface area contributed by atoms with Crippen molar-refractivity contribution >= 4 is 5.91 Å². The second kappa shape index (κ2) is 7.10. The average molecular weight is 254 g/mol. The number of carbonyl (C=O) groups excluding carboxylic acids is 1. The summed E-state index contributed by atoms with van der Waals surface area (Å²) in [5.74, 6) is 1.78. The highest BCUT2D eigenvalue weighted by Gasteiger charge is 2.33. The summed E-state index contributed by atoms with van der Waals surface area (Å²) in [6.07, 6.45) is 5.07. The molecular formula is C14H26N2O2. The first-order valence-corrected chi connectivity index (χ1v) is 7.37. The van der Waals surface area contributed by atoms with Crippen LogP contribution in [-0.4, -0.2) is 38.3 Å². The van der Waals surface area contributed by atoms with E-state index in [1.165, 1.54) is 13.0 Å². The van der Waals surface area contributed by atoms with Crippen LogP contribution in [0.5, 0.6) is 0 Å². The summed E-state index contributed by atoms with van der Waals surface area (Å²) < 4.78 is 5.34. The van der Waals surface area contributed by atoms with Crippen molar-refractivity contribution in [3.05, 3.63) is 0 Å². The van der Waals surface area contributed by atoms with Crippen LogP contribution in [0.15, 0.2) is 0 Å². The minimum Gasteiger partial charge on any atom is -0.381 e. The molecule has 4 heteroatoms. The maximum absolute atomic E-state index is 11.8. The van der Waals surface area contributed by atoms with Crippen molar-refractivity contribution in [2.75, 3.05) is 26.3 Å². The zero-order valence-corrected chi connectivity index (χ0v) is 11.4. The Labute approximate surface area is 110 Å². The van der Waals surface area contributed by atoms with Gasteiger partial charge >= 0.3 is 0 Å². The Morgan fingerprint density at radius 2 is 2.11 bits per heavy atom. The lowest BCUT2D eigenvalue weighted by Gasteiger charge is -2.31. The zero-order chi connectivity index (χ0) is 12.8. The molecule has 1 aliphatic heterocycles. The average Bonchev–Trinajstić information content (AvgIpc) is 2.82. The number of fused-ring (bicyclic) bond motifs is 1. The normalized spacial score (nSPS) is 31.1. The van der Waals surface area contributed by atoms with Crippen molar-refractivity contribution in [2.24, 2.45) is 11.8 Å². The van der Waals surface area contributed by atoms with Crippen molar-refractivity contribution in [2.45, 2.75) is 45.1 Å². The Morgan fingerprint density at radius 3 is 2.94 bits per heavy atom. The third-order valence-corrected chi connectivity index (χ3v) is 4.14. The summed E-state index contributed by atoms with van der Waals surface area (Å²) in [7, 11) is 0. The predicted molar refractivity (Wildman–Crippen MR) is 71.4 cm³/mol. The minimum absolute atomic E-state index is 0.153. The molecule has 0 radical (unpaired) electrons. The fourth-order valence-electron chi connectivity index (χ4n) is 3.14. The van der Waals surface area contributed by atoms with Gasteiger partial charge in [0.15, 0.2) is 0 Å². The molecule has 1 unspecified atom stereocenters. The second-order valence-electron chi connectivity index (χ2n) is 5.62. The van der Waals surface area contributed by atoms with Gasteiger partial charge in [0, 0.05) is 19.1 Å². The summed E-state index contributed by atoms with van der Waals surface area (Å²) in [5.41, 5.74) is 0. The van der Waals surface area contributed by atoms with E-state index in [1.807, 2.05) is 0 Å². The summed E-state index contributed by atoms with van der Waals surface area (Å²) >= 11 is 0. The molecule has 1 heterocycles. The molecule has 0 spiro atoms. The largest absolute Gasteiger partial charge is 0.381 e. The van der Waals surface area contributed by atoms with Gasteiger partial charge in [-0.2, -0.15) is 0 Å². The van der Waals surface area contributed by atoms with Crippen LogP contribution in [0, 0.1) is 11.8 Å². The van der Waals surface area contributed by atoms with Gasteiger partial charge in [0.2, 0.25) is 5.91 Å². The Kier molecular flexibility index (Phi) is 5.45. The number of amides is 1. The lowest BCUT2D eigenvalue weighted by molar-refractivity contribution is -0.123. The quantitative estimate of drug-likeness (QED) is 0.703. The number of hydrogen-bond donors (Lipinski definition) is 2. The zero-order valence-electron chi connectivity index (χ0n) is 11.4. The van der Waals surface area contributed by atoms with Crippen LogP contribution < -0.4 is 10.6 Å². The molecule has 2 aliphatic rings. The second-order valence-corrected chi connectivity index (χ2v) is 5.62. The molecule has 0 aromatic carbocycles. The smallest absolute Gasteiger partial charge is 0.222 e. The van der Waals surface area contributed by atoms with E-state index in [1.54, 1.807) is 0 Å². The van der Waals surface area contributed by atoms with Gasteiger partial charge in [0.05, 0.1) is 6.61 Å². The molecule has 1 aliphatic carbocycles. The predicted octanol–water partition coefficient (Wildman–Crippen LogP) is 1.31. The van der Waals surface area contributed by atoms with Crippen molar-refractivity contribution in [1.82, 2.24) is 10.6 Å². The fourth-order valence-corrected chi connectivity index (χ4v) is 3.14. The molecule has 104 valence electrons. The summed E-state index contributed by atoms with van der Waals surface area (Å²) in [5, 5.41) is 6.62. The van der Waals surface area contributed by atoms with Gasteiger partial charge in [-0.05, 0) is 50.6 Å². The van der Waals surface area contributed by atoms with Gasteiger partial charge in [0.1, 0.15) is 0 Å². The van der Waals surface area contributed by atoms with Crippen LogP contribution in [0.4, 0.5) is 0 Å². The van der Waals surface area contributed by atoms with Crippen LogP contribution in [0.1, 0.15) is 39.0 Å². The highest BCUT2D eigenvalue weighted by Crippen LogP contribution is 2.32. The maximum atomic E-state index is 11.8. The van der Waals surface area contributed by atoms with Gasteiger partial charge in [0.25, 0.3) is 0 Å². The lowest BCUT2D eigenvalue weighted by Crippen LogP contribution is -2.40. The van der Waals surface area contributed by atoms with E-state index in [-0.39, 0.29) is 5.91 Å². The van der Waals surface area contributed by atoms with Gasteiger partial charge in [-0.1, -0.05) is 6.92 Å². The Morgan fingerprint density at radius 1 is 1.28 bits per heavy atom. The maximum Gasteiger partial charge on any atom is 0.222 e. The fraction of sp³-hybridized carbons (Fsp3) is 0.929. The molecule has 0 bridgehead atoms. The summed E-state index contributed by atoms with van der Waals surface area (Å²) in [4.78, 5) is 11.8. The van der Waals surface area contributed by atoms with E-state index < -0.39 is 0 Å². The number of ether oxygens (including phenoxy) is 1. The van der Waals surface area contributed by atoms with Crippen molar-refractivity contribution in [1.29, 1.82) is 0 Å². The van der Waals surface area contributed by atoms with Crippen LogP contribution in [0.3, 0.4) is 0 Å². The van der Waals surface area contributed by atoms with Crippen molar-refractivity contribution in [3.8, 4) is 0 Å². The molecule has 1 saturated carbocycles. The van der Waals surface area contributed by atoms with Crippen LogP contribution in [0.2, 0.25) is 0 Å². The monoisotopic (exact) mass is 254 g/mol. The third-order valence-electron chi connectivity index (χ3n) is 4.14. The Balaban J connectivity index is 1.62. The molecular weight excluding hydrogens is 228 g/mol. The van der Waals surface area contributed by atoms with E-state index >= 15 is 0 Å². The molecule has 2 fully saturated rings. The molecule has 0 aromatic rings. The number of rotatable bonds is 6. The standard InChI is InChI=1S/C14H26N2O2/c1-2-6-18-7-5-14(17)16-13-4-3-11-9-15-10-12(11)8-13/h11-13,15H,2-10H2,1H3,(H,16,17)/t11-,12+,13?/m0/s1. The minimum atomic E-state index is 0.153. The first kappa shape index (κ1) is 13.8. The molecule has 3 atom stereocenters. The molecule has 2 rings (SSSR count). The molecule has 18 heavy (non-hydrogen) atoms. The Hall–Kier alpha value is -0.610. The molecule has 0 aromatic heterocycles. The topological polar surface area (TPSA) is 50.4 Å². The highest BCUT2D eigenvalue weighted by molar-refractivity contribution is 5.76. The van der Waals surface area contributed by atoms with Crippen LogP contribution >= 0.6 is 0 Å². The van der Waals surface area contributed by atoms with Gasteiger partial charge < -0.3 is 15.4 Å². The van der Waals surface area contributed by atoms with Crippen molar-refractivity contribution < 1.29 is 9.53 Å². The molecule has 1 saturated heterocycles. The third kappa shape index (κ3) is 3.95. The first-order valence-electron chi connectivity index (χ1n) is 7.37. The van der Waals surface area contributed by atoms with Crippen molar-refractivity contribution in [3.63, 3.8) is 0 Å². The summed E-state index contributed by atoms with van der Waals surface area (Å²) in [6.45, 7) is 5.70. The van der Waals surface area contributed by atoms with Crippen LogP contribution in [0.25, 0.3) is 0 Å². The summed E-state index contributed by atoms with van der Waals surface area (Å²) in [6, 6.07) is 0.393. The number of nitrogens with one attached hydrogen (secondary N) is 2. The molecule has 1 amide bonds. The van der Waals surface area contributed by atoms with Gasteiger partial charge in [-0.15, -0.1) is 0 Å². The van der Waals surface area contributed by atoms with Gasteiger partial charge in [-0.3, -0.25) is 4.79 Å². The first-order chi connectivity index (χ1) is 8.79. The van der Waals surface area contributed by atoms with Crippen LogP contribution in [-0.2, 0) is 9.53 Å². The van der Waals surface area contributed by atoms with Gasteiger partial charge in [-0.25, -0.2) is 0 Å². The van der Waals surface area contributed by atoms with E-state index in [9.17, 15) is 4.79 Å². The SMILES string of the molecule is CCCOCCC(=O)NC1CC[C@H]2CNC[C@H]2C1. The van der Waals surface area contributed by atoms with E-state index in [2.05, 4.69) is 17.6 Å². The van der Waals surface area contributed by atoms with E-state index in [4.69, 9.17) is 4.74 Å². The molecule has 4 nitrogen and oxygen atoms in total. The Bertz CT molecular complexity index is 271. The van der Waals surface area contributed by atoms with E-state index in [0.717, 1.165) is 44.2 Å². The number of hydrogen-bond acceptors (Lipinski definition) is 3. The number of carbonyl (C=O) groups is 1. The van der Waals surface area contributed by atoms with E-state index in [0.29, 0.717) is 19.1 Å². The lowest BCUT2D eigenvalue weighted by atomic mass is 9.79. The molecule has 2 N–H and O–H groups in total.